The van der Waals surface area contributed by atoms with Gasteiger partial charge in [0.1, 0.15) is 11.4 Å². The van der Waals surface area contributed by atoms with Gasteiger partial charge in [0.05, 0.1) is 21.3 Å². The number of carbonyl (C=O) groups excluding carboxylic acids is 2. The summed E-state index contributed by atoms with van der Waals surface area (Å²) >= 11 is 0. The highest BCUT2D eigenvalue weighted by Gasteiger charge is 2.24. The third-order valence-electron chi connectivity index (χ3n) is 5.34. The zero-order chi connectivity index (χ0) is 23.1. The van der Waals surface area contributed by atoms with Crippen molar-refractivity contribution in [3.63, 3.8) is 0 Å². The highest BCUT2D eigenvalue weighted by atomic mass is 16.5. The first-order valence-electron chi connectivity index (χ1n) is 10.3. The molecule has 8 nitrogen and oxygen atoms in total. The van der Waals surface area contributed by atoms with Crippen molar-refractivity contribution in [1.29, 1.82) is 0 Å². The molecule has 0 aromatic heterocycles. The van der Waals surface area contributed by atoms with Gasteiger partial charge in [0, 0.05) is 31.7 Å². The molecular weight excluding hydrogens is 410 g/mol. The molecule has 0 saturated carbocycles. The van der Waals surface area contributed by atoms with Gasteiger partial charge in [-0.05, 0) is 55.1 Å². The number of carbonyl (C=O) groups is 2. The van der Waals surface area contributed by atoms with Crippen molar-refractivity contribution in [2.45, 2.75) is 0 Å². The van der Waals surface area contributed by atoms with Gasteiger partial charge in [-0.25, -0.2) is 0 Å². The Labute approximate surface area is 188 Å². The van der Waals surface area contributed by atoms with E-state index in [1.54, 1.807) is 74.8 Å². The number of amides is 2. The van der Waals surface area contributed by atoms with Crippen LogP contribution in [0.15, 0.2) is 48.2 Å². The molecular formula is C24H29N3O5. The summed E-state index contributed by atoms with van der Waals surface area (Å²) < 4.78 is 15.8. The summed E-state index contributed by atoms with van der Waals surface area (Å²) in [5, 5.41) is 2.80. The van der Waals surface area contributed by atoms with E-state index in [2.05, 4.69) is 10.2 Å². The minimum atomic E-state index is -0.373. The molecule has 0 bridgehead atoms. The molecule has 8 heteroatoms. The standard InChI is InChI=1S/C24H29N3O5/c1-26-11-13-27(14-12-26)24(29)20(15-17-5-10-21(31-3)22(16-17)32-4)25-23(28)18-6-8-19(30-2)9-7-18/h5-10,15-16H,11-14H2,1-4H3,(H,25,28). The van der Waals surface area contributed by atoms with Crippen LogP contribution < -0.4 is 19.5 Å². The second-order valence-electron chi connectivity index (χ2n) is 7.45. The Morgan fingerprint density at radius 1 is 0.875 bits per heavy atom. The third kappa shape index (κ3) is 5.59. The van der Waals surface area contributed by atoms with E-state index in [4.69, 9.17) is 14.2 Å². The predicted molar refractivity (Wildman–Crippen MR) is 122 cm³/mol. The van der Waals surface area contributed by atoms with Crippen molar-refractivity contribution in [3.8, 4) is 17.2 Å². The number of nitrogens with zero attached hydrogens (tertiary/aromatic N) is 2. The topological polar surface area (TPSA) is 80.3 Å². The number of ether oxygens (including phenoxy) is 3. The van der Waals surface area contributed by atoms with Crippen LogP contribution in [0.4, 0.5) is 0 Å². The monoisotopic (exact) mass is 439 g/mol. The lowest BCUT2D eigenvalue weighted by Crippen LogP contribution is -2.49. The minimum absolute atomic E-state index is 0.197. The molecule has 2 amide bonds. The van der Waals surface area contributed by atoms with Gasteiger partial charge in [-0.3, -0.25) is 9.59 Å². The highest BCUT2D eigenvalue weighted by Crippen LogP contribution is 2.28. The molecule has 1 saturated heterocycles. The number of nitrogens with one attached hydrogen (secondary N) is 1. The van der Waals surface area contributed by atoms with Crippen LogP contribution >= 0.6 is 0 Å². The molecule has 0 radical (unpaired) electrons. The van der Waals surface area contributed by atoms with Crippen molar-refractivity contribution in [2.75, 3.05) is 54.6 Å². The van der Waals surface area contributed by atoms with E-state index in [-0.39, 0.29) is 17.5 Å². The Bertz CT molecular complexity index is 980. The number of rotatable bonds is 7. The molecule has 1 heterocycles. The third-order valence-corrected chi connectivity index (χ3v) is 5.34. The van der Waals surface area contributed by atoms with Gasteiger partial charge in [-0.15, -0.1) is 0 Å². The van der Waals surface area contributed by atoms with E-state index in [0.29, 0.717) is 41.5 Å². The SMILES string of the molecule is COc1ccc(C(=O)NC(=Cc2ccc(OC)c(OC)c2)C(=O)N2CCN(C)CC2)cc1. The van der Waals surface area contributed by atoms with Gasteiger partial charge in [0.2, 0.25) is 0 Å². The lowest BCUT2D eigenvalue weighted by molar-refractivity contribution is -0.128. The van der Waals surface area contributed by atoms with Gasteiger partial charge in [0.15, 0.2) is 11.5 Å². The Balaban J connectivity index is 1.90. The lowest BCUT2D eigenvalue weighted by Gasteiger charge is -2.33. The summed E-state index contributed by atoms with van der Waals surface area (Å²) in [6, 6.07) is 12.0. The number of hydrogen-bond acceptors (Lipinski definition) is 6. The van der Waals surface area contributed by atoms with Crippen molar-refractivity contribution in [3.05, 3.63) is 59.3 Å². The Kier molecular flexibility index (Phi) is 7.72. The molecule has 1 N–H and O–H groups in total. The second kappa shape index (κ2) is 10.7. The van der Waals surface area contributed by atoms with Crippen LogP contribution in [0.2, 0.25) is 0 Å². The zero-order valence-electron chi connectivity index (χ0n) is 18.9. The summed E-state index contributed by atoms with van der Waals surface area (Å²) in [5.74, 6) is 1.17. The fourth-order valence-corrected chi connectivity index (χ4v) is 3.38. The molecule has 1 aliphatic heterocycles. The Morgan fingerprint density at radius 3 is 2.12 bits per heavy atom. The van der Waals surface area contributed by atoms with Crippen molar-refractivity contribution in [1.82, 2.24) is 15.1 Å². The molecule has 32 heavy (non-hydrogen) atoms. The molecule has 2 aromatic rings. The van der Waals surface area contributed by atoms with Gasteiger partial charge in [-0.1, -0.05) is 6.07 Å². The van der Waals surface area contributed by atoms with Gasteiger partial charge >= 0.3 is 0 Å². The first-order valence-corrected chi connectivity index (χ1v) is 10.3. The quantitative estimate of drug-likeness (QED) is 0.667. The molecule has 0 atom stereocenters. The van der Waals surface area contributed by atoms with Crippen LogP contribution in [-0.2, 0) is 4.79 Å². The normalized spacial score (nSPS) is 14.6. The average Bonchev–Trinajstić information content (AvgIpc) is 2.83. The minimum Gasteiger partial charge on any atom is -0.497 e. The van der Waals surface area contributed by atoms with Crippen LogP contribution in [-0.4, -0.2) is 76.2 Å². The highest BCUT2D eigenvalue weighted by molar-refractivity contribution is 6.05. The van der Waals surface area contributed by atoms with Crippen molar-refractivity contribution >= 4 is 17.9 Å². The summed E-state index contributed by atoms with van der Waals surface area (Å²) in [6.07, 6.45) is 1.66. The lowest BCUT2D eigenvalue weighted by atomic mass is 10.1. The Hall–Kier alpha value is -3.52. The van der Waals surface area contributed by atoms with Crippen LogP contribution in [0.3, 0.4) is 0 Å². The first kappa shape index (κ1) is 23.1. The van der Waals surface area contributed by atoms with E-state index >= 15 is 0 Å². The Morgan fingerprint density at radius 2 is 1.53 bits per heavy atom. The van der Waals surface area contributed by atoms with E-state index in [1.807, 2.05) is 7.05 Å². The van der Waals surface area contributed by atoms with E-state index in [0.717, 1.165) is 13.1 Å². The van der Waals surface area contributed by atoms with Crippen LogP contribution in [0.25, 0.3) is 6.08 Å². The van der Waals surface area contributed by atoms with Gasteiger partial charge in [-0.2, -0.15) is 0 Å². The van der Waals surface area contributed by atoms with Crippen LogP contribution in [0, 0.1) is 0 Å². The molecule has 170 valence electrons. The molecule has 1 aliphatic rings. The largest absolute Gasteiger partial charge is 0.497 e. The van der Waals surface area contributed by atoms with E-state index < -0.39 is 0 Å². The molecule has 0 unspecified atom stereocenters. The maximum Gasteiger partial charge on any atom is 0.270 e. The maximum atomic E-state index is 13.3. The molecule has 2 aromatic carbocycles. The fourth-order valence-electron chi connectivity index (χ4n) is 3.38. The molecule has 3 rings (SSSR count). The second-order valence-corrected chi connectivity index (χ2v) is 7.45. The summed E-state index contributed by atoms with van der Waals surface area (Å²) in [7, 11) is 6.69. The number of hydrogen-bond donors (Lipinski definition) is 1. The maximum absolute atomic E-state index is 13.3. The summed E-state index contributed by atoms with van der Waals surface area (Å²) in [4.78, 5) is 30.1. The zero-order valence-corrected chi connectivity index (χ0v) is 18.9. The van der Waals surface area contributed by atoms with E-state index in [9.17, 15) is 9.59 Å². The predicted octanol–water partition coefficient (Wildman–Crippen LogP) is 2.26. The number of methoxy groups -OCH3 is 3. The van der Waals surface area contributed by atoms with Crippen molar-refractivity contribution < 1.29 is 23.8 Å². The molecule has 0 aliphatic carbocycles. The number of benzene rings is 2. The van der Waals surface area contributed by atoms with Gasteiger partial charge < -0.3 is 29.3 Å². The molecule has 0 spiro atoms. The van der Waals surface area contributed by atoms with Gasteiger partial charge in [0.25, 0.3) is 11.8 Å². The van der Waals surface area contributed by atoms with Crippen LogP contribution in [0.1, 0.15) is 15.9 Å². The smallest absolute Gasteiger partial charge is 0.270 e. The summed E-state index contributed by atoms with van der Waals surface area (Å²) in [5.41, 5.74) is 1.33. The van der Waals surface area contributed by atoms with Crippen molar-refractivity contribution in [2.24, 2.45) is 0 Å². The molecule has 1 fully saturated rings. The summed E-state index contributed by atoms with van der Waals surface area (Å²) in [6.45, 7) is 2.75. The average molecular weight is 440 g/mol. The first-order chi connectivity index (χ1) is 15.4. The van der Waals surface area contributed by atoms with Crippen LogP contribution in [0.5, 0.6) is 17.2 Å². The fraction of sp³-hybridized carbons (Fsp3) is 0.333. The van der Waals surface area contributed by atoms with E-state index in [1.165, 1.54) is 0 Å². The number of piperazine rings is 1. The number of likely N-dealkylation sites (N-methyl/N-ethyl adjacent to an activating group) is 1.